The fourth-order valence-electron chi connectivity index (χ4n) is 3.05. The van der Waals surface area contributed by atoms with Crippen molar-refractivity contribution in [3.8, 4) is 5.75 Å². The van der Waals surface area contributed by atoms with Crippen LogP contribution in [-0.4, -0.2) is 23.8 Å². The van der Waals surface area contributed by atoms with E-state index in [-0.39, 0.29) is 17.9 Å². The summed E-state index contributed by atoms with van der Waals surface area (Å²) in [4.78, 5) is 26.8. The summed E-state index contributed by atoms with van der Waals surface area (Å²) in [5, 5.41) is 0. The zero-order valence-electron chi connectivity index (χ0n) is 13.0. The lowest BCUT2D eigenvalue weighted by Crippen LogP contribution is -2.34. The SMILES string of the molecule is [CH2]CCC(c1ccccc1OC)N1C(=O)c2ccccc2C1=O. The van der Waals surface area contributed by atoms with Gasteiger partial charge >= 0.3 is 0 Å². The van der Waals surface area contributed by atoms with Crippen molar-refractivity contribution in [3.05, 3.63) is 72.1 Å². The van der Waals surface area contributed by atoms with Gasteiger partial charge in [0.05, 0.1) is 24.3 Å². The summed E-state index contributed by atoms with van der Waals surface area (Å²) >= 11 is 0. The molecule has 1 aliphatic heterocycles. The molecule has 1 aliphatic rings. The third-order valence-corrected chi connectivity index (χ3v) is 4.11. The molecule has 2 amide bonds. The van der Waals surface area contributed by atoms with Crippen LogP contribution in [0.5, 0.6) is 5.75 Å². The summed E-state index contributed by atoms with van der Waals surface area (Å²) in [5.74, 6) is 0.160. The van der Waals surface area contributed by atoms with Gasteiger partial charge in [0.25, 0.3) is 11.8 Å². The molecular formula is C19H18NO3. The number of para-hydroxylation sites is 1. The number of ether oxygens (including phenoxy) is 1. The molecule has 0 aromatic heterocycles. The molecule has 2 aromatic carbocycles. The Balaban J connectivity index is 2.07. The first-order valence-corrected chi connectivity index (χ1v) is 7.58. The number of hydrogen-bond acceptors (Lipinski definition) is 3. The number of carbonyl (C=O) groups is 2. The number of methoxy groups -OCH3 is 1. The normalized spacial score (nSPS) is 14.8. The molecule has 2 aromatic rings. The molecule has 0 N–H and O–H groups in total. The van der Waals surface area contributed by atoms with Gasteiger partial charge < -0.3 is 4.74 Å². The highest BCUT2D eigenvalue weighted by atomic mass is 16.5. The first kappa shape index (κ1) is 15.3. The fraction of sp³-hybridized carbons (Fsp3) is 0.211. The van der Waals surface area contributed by atoms with Gasteiger partial charge in [-0.3, -0.25) is 14.5 Å². The van der Waals surface area contributed by atoms with Crippen LogP contribution < -0.4 is 4.74 Å². The Morgan fingerprint density at radius 3 is 2.13 bits per heavy atom. The van der Waals surface area contributed by atoms with Crippen molar-refractivity contribution in [2.45, 2.75) is 18.9 Å². The van der Waals surface area contributed by atoms with Crippen LogP contribution in [0.25, 0.3) is 0 Å². The molecule has 0 spiro atoms. The Bertz CT molecular complexity index is 719. The second kappa shape index (κ2) is 6.24. The lowest BCUT2D eigenvalue weighted by atomic mass is 9.99. The number of imide groups is 1. The Labute approximate surface area is 135 Å². The minimum Gasteiger partial charge on any atom is -0.496 e. The summed E-state index contributed by atoms with van der Waals surface area (Å²) < 4.78 is 5.41. The van der Waals surface area contributed by atoms with Gasteiger partial charge in [-0.15, -0.1) is 0 Å². The quantitative estimate of drug-likeness (QED) is 0.792. The number of benzene rings is 2. The highest BCUT2D eigenvalue weighted by molar-refractivity contribution is 6.21. The summed E-state index contributed by atoms with van der Waals surface area (Å²) in [6.45, 7) is 3.89. The van der Waals surface area contributed by atoms with Crippen LogP contribution in [0.15, 0.2) is 48.5 Å². The Morgan fingerprint density at radius 1 is 1.00 bits per heavy atom. The lowest BCUT2D eigenvalue weighted by Gasteiger charge is -2.27. The molecule has 23 heavy (non-hydrogen) atoms. The van der Waals surface area contributed by atoms with Crippen LogP contribution in [0.4, 0.5) is 0 Å². The number of hydrogen-bond donors (Lipinski definition) is 0. The third kappa shape index (κ3) is 2.50. The maximum atomic E-state index is 12.7. The van der Waals surface area contributed by atoms with Crippen molar-refractivity contribution in [2.24, 2.45) is 0 Å². The van der Waals surface area contributed by atoms with E-state index in [0.717, 1.165) is 5.56 Å². The molecule has 0 bridgehead atoms. The van der Waals surface area contributed by atoms with Crippen molar-refractivity contribution >= 4 is 11.8 Å². The molecule has 1 atom stereocenters. The predicted octanol–water partition coefficient (Wildman–Crippen LogP) is 3.65. The van der Waals surface area contributed by atoms with Crippen LogP contribution >= 0.6 is 0 Å². The number of rotatable bonds is 5. The molecule has 4 nitrogen and oxygen atoms in total. The maximum absolute atomic E-state index is 12.7. The Morgan fingerprint density at radius 2 is 1.57 bits per heavy atom. The van der Waals surface area contributed by atoms with Crippen LogP contribution in [0.3, 0.4) is 0 Å². The predicted molar refractivity (Wildman–Crippen MR) is 87.3 cm³/mol. The van der Waals surface area contributed by atoms with Crippen molar-refractivity contribution in [1.82, 2.24) is 4.90 Å². The van der Waals surface area contributed by atoms with Crippen molar-refractivity contribution in [1.29, 1.82) is 0 Å². The second-order valence-electron chi connectivity index (χ2n) is 5.43. The highest BCUT2D eigenvalue weighted by Crippen LogP contribution is 2.37. The zero-order valence-corrected chi connectivity index (χ0v) is 13.0. The minimum atomic E-state index is -0.379. The molecule has 117 valence electrons. The van der Waals surface area contributed by atoms with E-state index in [0.29, 0.717) is 29.7 Å². The van der Waals surface area contributed by atoms with E-state index in [1.165, 1.54) is 4.90 Å². The first-order chi connectivity index (χ1) is 11.2. The lowest BCUT2D eigenvalue weighted by molar-refractivity contribution is 0.0573. The van der Waals surface area contributed by atoms with E-state index in [9.17, 15) is 9.59 Å². The smallest absolute Gasteiger partial charge is 0.262 e. The fourth-order valence-corrected chi connectivity index (χ4v) is 3.05. The molecule has 1 unspecified atom stereocenters. The van der Waals surface area contributed by atoms with Gasteiger partial charge in [-0.1, -0.05) is 43.7 Å². The number of fused-ring (bicyclic) bond motifs is 1. The largest absolute Gasteiger partial charge is 0.496 e. The van der Waals surface area contributed by atoms with Gasteiger partial charge in [0.1, 0.15) is 5.75 Å². The van der Waals surface area contributed by atoms with Gasteiger partial charge in [-0.25, -0.2) is 0 Å². The van der Waals surface area contributed by atoms with Crippen molar-refractivity contribution < 1.29 is 14.3 Å². The first-order valence-electron chi connectivity index (χ1n) is 7.58. The Hall–Kier alpha value is -2.62. The standard InChI is InChI=1S/C19H18NO3/c1-3-8-16(15-11-6-7-12-17(15)23-2)20-18(21)13-9-4-5-10-14(13)19(20)22/h4-7,9-12,16H,1,3,8H2,2H3. The van der Waals surface area contributed by atoms with Crippen LogP contribution in [0.1, 0.15) is 45.2 Å². The molecule has 0 saturated heterocycles. The average molecular weight is 308 g/mol. The van der Waals surface area contributed by atoms with Gasteiger partial charge in [0, 0.05) is 5.56 Å². The zero-order chi connectivity index (χ0) is 16.4. The van der Waals surface area contributed by atoms with Gasteiger partial charge in [-0.05, 0) is 24.6 Å². The molecule has 1 heterocycles. The van der Waals surface area contributed by atoms with E-state index >= 15 is 0 Å². The molecular weight excluding hydrogens is 290 g/mol. The van der Waals surface area contributed by atoms with E-state index < -0.39 is 0 Å². The molecule has 0 aliphatic carbocycles. The summed E-state index contributed by atoms with van der Waals surface area (Å²) in [5.41, 5.74) is 1.75. The third-order valence-electron chi connectivity index (χ3n) is 4.11. The second-order valence-corrected chi connectivity index (χ2v) is 5.43. The van der Waals surface area contributed by atoms with Gasteiger partial charge in [0.15, 0.2) is 0 Å². The average Bonchev–Trinajstić information content (AvgIpc) is 2.84. The van der Waals surface area contributed by atoms with Crippen LogP contribution in [-0.2, 0) is 0 Å². The summed E-state index contributed by atoms with van der Waals surface area (Å²) in [6, 6.07) is 14.0. The monoisotopic (exact) mass is 308 g/mol. The minimum absolute atomic E-state index is 0.255. The van der Waals surface area contributed by atoms with Gasteiger partial charge in [-0.2, -0.15) is 0 Å². The number of amides is 2. The van der Waals surface area contributed by atoms with Crippen molar-refractivity contribution in [2.75, 3.05) is 7.11 Å². The van der Waals surface area contributed by atoms with Crippen LogP contribution in [0, 0.1) is 6.92 Å². The Kier molecular flexibility index (Phi) is 4.15. The molecule has 4 heteroatoms. The van der Waals surface area contributed by atoms with E-state index in [1.807, 2.05) is 24.3 Å². The number of carbonyl (C=O) groups excluding carboxylic acids is 2. The van der Waals surface area contributed by atoms with Gasteiger partial charge in [0.2, 0.25) is 0 Å². The number of nitrogens with zero attached hydrogens (tertiary/aromatic N) is 1. The van der Waals surface area contributed by atoms with E-state index in [2.05, 4.69) is 6.92 Å². The summed E-state index contributed by atoms with van der Waals surface area (Å²) in [6.07, 6.45) is 1.20. The van der Waals surface area contributed by atoms with Crippen molar-refractivity contribution in [3.63, 3.8) is 0 Å². The van der Waals surface area contributed by atoms with E-state index in [1.54, 1.807) is 31.4 Å². The molecule has 0 fully saturated rings. The topological polar surface area (TPSA) is 46.6 Å². The van der Waals surface area contributed by atoms with Crippen LogP contribution in [0.2, 0.25) is 0 Å². The summed E-state index contributed by atoms with van der Waals surface area (Å²) in [7, 11) is 1.59. The molecule has 3 rings (SSSR count). The molecule has 0 saturated carbocycles. The highest BCUT2D eigenvalue weighted by Gasteiger charge is 2.40. The maximum Gasteiger partial charge on any atom is 0.262 e. The molecule has 1 radical (unpaired) electrons. The van der Waals surface area contributed by atoms with E-state index in [4.69, 9.17) is 4.74 Å².